The summed E-state index contributed by atoms with van der Waals surface area (Å²) in [4.78, 5) is 16.5. The van der Waals surface area contributed by atoms with Crippen molar-refractivity contribution in [3.8, 4) is 0 Å². The second-order valence-electron chi connectivity index (χ2n) is 11.5. The maximum absolute atomic E-state index is 13.7. The zero-order valence-electron chi connectivity index (χ0n) is 16.0. The molecule has 10 atom stereocenters. The van der Waals surface area contributed by atoms with Gasteiger partial charge in [0.1, 0.15) is 12.0 Å². The number of piperidine rings is 1. The van der Waals surface area contributed by atoms with Gasteiger partial charge in [0.05, 0.1) is 12.2 Å². The lowest BCUT2D eigenvalue weighted by Gasteiger charge is -2.68. The molecule has 0 radical (unpaired) electrons. The molecule has 8 aliphatic rings. The van der Waals surface area contributed by atoms with Crippen LogP contribution in [-0.4, -0.2) is 46.8 Å². The number of carbonyl (C=O) groups is 1. The molecule has 142 valence electrons. The van der Waals surface area contributed by atoms with E-state index in [1.807, 2.05) is 0 Å². The number of carbonyl (C=O) groups excluding carboxylic acids is 1. The van der Waals surface area contributed by atoms with Crippen LogP contribution in [0, 0.1) is 39.9 Å². The summed E-state index contributed by atoms with van der Waals surface area (Å²) < 4.78 is 6.34. The zero-order chi connectivity index (χ0) is 17.7. The highest BCUT2D eigenvalue weighted by Crippen LogP contribution is 2.83. The van der Waals surface area contributed by atoms with Gasteiger partial charge in [0.15, 0.2) is 0 Å². The maximum atomic E-state index is 13.7. The number of fused-ring (bicyclic) bond motifs is 4. The van der Waals surface area contributed by atoms with E-state index in [-0.39, 0.29) is 28.4 Å². The van der Waals surface area contributed by atoms with Gasteiger partial charge in [0.2, 0.25) is 0 Å². The summed E-state index contributed by atoms with van der Waals surface area (Å²) in [5.74, 6) is 2.43. The average Bonchev–Trinajstić information content (AvgIpc) is 3.04. The molecule has 6 aliphatic carbocycles. The molecule has 8 fully saturated rings. The summed E-state index contributed by atoms with van der Waals surface area (Å²) in [5, 5.41) is 11.2. The molecular formula is C22H31NO3. The lowest BCUT2D eigenvalue weighted by Crippen LogP contribution is -2.71. The molecule has 4 nitrogen and oxygen atoms in total. The quantitative estimate of drug-likeness (QED) is 0.724. The topological polar surface area (TPSA) is 49.8 Å². The van der Waals surface area contributed by atoms with Gasteiger partial charge in [-0.15, -0.1) is 0 Å². The number of rotatable bonds is 0. The number of nitrogens with zero attached hydrogens (tertiary/aromatic N) is 1. The largest absolute Gasteiger partial charge is 0.390 e. The van der Waals surface area contributed by atoms with Crippen LogP contribution in [0.3, 0.4) is 0 Å². The molecule has 2 saturated heterocycles. The summed E-state index contributed by atoms with van der Waals surface area (Å²) >= 11 is 0. The van der Waals surface area contributed by atoms with E-state index in [2.05, 4.69) is 18.7 Å². The molecule has 26 heavy (non-hydrogen) atoms. The normalized spacial score (nSPS) is 67.6. The van der Waals surface area contributed by atoms with Crippen molar-refractivity contribution < 1.29 is 14.6 Å². The van der Waals surface area contributed by atoms with Crippen LogP contribution in [0.2, 0.25) is 0 Å². The minimum Gasteiger partial charge on any atom is -0.390 e. The van der Waals surface area contributed by atoms with Crippen molar-refractivity contribution in [2.45, 2.75) is 76.7 Å². The molecule has 0 aromatic carbocycles. The molecule has 1 N–H and O–H groups in total. The minimum atomic E-state index is -0.566. The van der Waals surface area contributed by atoms with Gasteiger partial charge in [0, 0.05) is 35.8 Å². The van der Waals surface area contributed by atoms with Crippen LogP contribution < -0.4 is 0 Å². The fourth-order valence-electron chi connectivity index (χ4n) is 10.7. The maximum Gasteiger partial charge on any atom is 0.137 e. The third-order valence-corrected chi connectivity index (χ3v) is 10.8. The zero-order valence-corrected chi connectivity index (χ0v) is 16.0. The Morgan fingerprint density at radius 2 is 2.08 bits per heavy atom. The summed E-state index contributed by atoms with van der Waals surface area (Å²) in [5.41, 5.74) is -0.305. The molecule has 2 spiro atoms. The first-order valence-corrected chi connectivity index (χ1v) is 11.0. The molecule has 6 saturated carbocycles. The molecule has 8 rings (SSSR count). The van der Waals surface area contributed by atoms with E-state index in [9.17, 15) is 9.90 Å². The van der Waals surface area contributed by atoms with Crippen LogP contribution in [0.15, 0.2) is 0 Å². The van der Waals surface area contributed by atoms with Crippen molar-refractivity contribution in [3.63, 3.8) is 0 Å². The predicted molar refractivity (Wildman–Crippen MR) is 95.1 cm³/mol. The molecule has 0 aromatic rings. The van der Waals surface area contributed by atoms with Crippen LogP contribution in [0.4, 0.5) is 0 Å². The smallest absolute Gasteiger partial charge is 0.137 e. The highest BCUT2D eigenvalue weighted by molar-refractivity contribution is 5.86. The van der Waals surface area contributed by atoms with Gasteiger partial charge in [-0.3, -0.25) is 9.69 Å². The Kier molecular flexibility index (Phi) is 2.45. The molecule has 2 heterocycles. The number of ketones is 1. The third-order valence-electron chi connectivity index (χ3n) is 10.8. The molecule has 2 aliphatic heterocycles. The Hall–Kier alpha value is -0.450. The van der Waals surface area contributed by atoms with E-state index in [0.29, 0.717) is 29.6 Å². The number of Topliss-reactive ketones (excluding diaryl/α,β-unsaturated/α-hetero) is 1. The van der Waals surface area contributed by atoms with Crippen molar-refractivity contribution in [3.05, 3.63) is 0 Å². The SMILES string of the molecule is C[C@@]12CCC[C@@]34[C@@H]1C(=O)C[C@@]15C[C@@](C)(O)[C@@H](C[C@@H]1[C@H]3N1CCO[C@H]12)C[C@H]54. The number of aliphatic hydroxyl groups is 1. The van der Waals surface area contributed by atoms with Gasteiger partial charge in [-0.05, 0) is 62.2 Å². The van der Waals surface area contributed by atoms with Crippen molar-refractivity contribution in [1.29, 1.82) is 0 Å². The fourth-order valence-corrected chi connectivity index (χ4v) is 10.7. The lowest BCUT2D eigenvalue weighted by molar-refractivity contribution is -0.240. The van der Waals surface area contributed by atoms with Crippen LogP contribution >= 0.6 is 0 Å². The Bertz CT molecular complexity index is 735. The van der Waals surface area contributed by atoms with E-state index in [0.717, 1.165) is 38.8 Å². The Morgan fingerprint density at radius 3 is 2.92 bits per heavy atom. The van der Waals surface area contributed by atoms with Crippen LogP contribution in [-0.2, 0) is 9.53 Å². The van der Waals surface area contributed by atoms with E-state index in [1.54, 1.807) is 0 Å². The highest BCUT2D eigenvalue weighted by atomic mass is 16.5. The van der Waals surface area contributed by atoms with Crippen molar-refractivity contribution in [2.75, 3.05) is 13.2 Å². The first kappa shape index (κ1) is 15.5. The van der Waals surface area contributed by atoms with Gasteiger partial charge >= 0.3 is 0 Å². The summed E-state index contributed by atoms with van der Waals surface area (Å²) in [6.45, 7) is 6.32. The number of ether oxygens (including phenoxy) is 1. The minimum absolute atomic E-state index is 0.00316. The van der Waals surface area contributed by atoms with Crippen LogP contribution in [0.25, 0.3) is 0 Å². The molecule has 4 heteroatoms. The van der Waals surface area contributed by atoms with Gasteiger partial charge in [-0.25, -0.2) is 0 Å². The number of hydrogen-bond acceptors (Lipinski definition) is 4. The standard InChI is InChI=1S/C22H31NO3/c1-19-4-3-5-22-15-9-12-8-13(17(22)23-6-7-26-18(19)23)21(15,11-20(12,2)25)10-14(24)16(19)22/h12-13,15-18,25H,3-11H2,1-2H3/t12-,13+,15+,16+,17+,18-,19+,20+,21+,22+/m0/s1. The van der Waals surface area contributed by atoms with Crippen LogP contribution in [0.5, 0.6) is 0 Å². The van der Waals surface area contributed by atoms with Crippen molar-refractivity contribution in [1.82, 2.24) is 4.90 Å². The van der Waals surface area contributed by atoms with Gasteiger partial charge in [-0.1, -0.05) is 13.3 Å². The summed E-state index contributed by atoms with van der Waals surface area (Å²) in [6.07, 6.45) is 7.70. The van der Waals surface area contributed by atoms with Crippen molar-refractivity contribution >= 4 is 5.78 Å². The first-order valence-electron chi connectivity index (χ1n) is 11.0. The predicted octanol–water partition coefficient (Wildman–Crippen LogP) is 2.59. The number of hydrogen-bond donors (Lipinski definition) is 1. The van der Waals surface area contributed by atoms with Gasteiger partial charge in [-0.2, -0.15) is 0 Å². The van der Waals surface area contributed by atoms with Gasteiger partial charge < -0.3 is 9.84 Å². The average molecular weight is 357 g/mol. The third kappa shape index (κ3) is 1.28. The van der Waals surface area contributed by atoms with E-state index >= 15 is 0 Å². The molecule has 6 bridgehead atoms. The monoisotopic (exact) mass is 357 g/mol. The Morgan fingerprint density at radius 1 is 1.23 bits per heavy atom. The van der Waals surface area contributed by atoms with E-state index in [1.165, 1.54) is 19.3 Å². The van der Waals surface area contributed by atoms with Gasteiger partial charge in [0.25, 0.3) is 0 Å². The highest BCUT2D eigenvalue weighted by Gasteiger charge is 2.84. The van der Waals surface area contributed by atoms with E-state index in [4.69, 9.17) is 4.74 Å². The molecule has 0 aromatic heterocycles. The summed E-state index contributed by atoms with van der Waals surface area (Å²) in [6, 6.07) is 0.533. The lowest BCUT2D eigenvalue weighted by atomic mass is 9.38. The summed E-state index contributed by atoms with van der Waals surface area (Å²) in [7, 11) is 0. The Balaban J connectivity index is 1.52. The Labute approximate surface area is 155 Å². The molecule has 0 unspecified atom stereocenters. The molecular weight excluding hydrogens is 326 g/mol. The van der Waals surface area contributed by atoms with Crippen LogP contribution in [0.1, 0.15) is 58.8 Å². The van der Waals surface area contributed by atoms with Crippen molar-refractivity contribution in [2.24, 2.45) is 39.9 Å². The molecule has 0 amide bonds. The second-order valence-corrected chi connectivity index (χ2v) is 11.5. The van der Waals surface area contributed by atoms with E-state index < -0.39 is 5.60 Å². The first-order chi connectivity index (χ1) is 12.3. The second kappa shape index (κ2) is 4.11. The fraction of sp³-hybridized carbons (Fsp3) is 0.955.